The Balaban J connectivity index is 2.84. The third kappa shape index (κ3) is 6.30. The third-order valence-corrected chi connectivity index (χ3v) is 2.90. The molecule has 26 heavy (non-hydrogen) atoms. The van der Waals surface area contributed by atoms with Gasteiger partial charge in [0.2, 0.25) is 5.54 Å². The van der Waals surface area contributed by atoms with Crippen LogP contribution >= 0.6 is 0 Å². The van der Waals surface area contributed by atoms with Gasteiger partial charge in [0, 0.05) is 0 Å². The van der Waals surface area contributed by atoms with Crippen LogP contribution in [-0.4, -0.2) is 42.3 Å². The van der Waals surface area contributed by atoms with Crippen molar-refractivity contribution in [2.24, 2.45) is 5.73 Å². The summed E-state index contributed by atoms with van der Waals surface area (Å²) in [5.41, 5.74) is 2.80. The summed E-state index contributed by atoms with van der Waals surface area (Å²) in [6.45, 7) is 7.77. The van der Waals surface area contributed by atoms with Crippen LogP contribution in [0.25, 0.3) is 0 Å². The number of carbonyl (C=O) groups is 3. The molecule has 0 saturated carbocycles. The van der Waals surface area contributed by atoms with E-state index in [0.717, 1.165) is 0 Å². The second-order valence-corrected chi connectivity index (χ2v) is 6.38. The number of carbonyl (C=O) groups excluding carboxylic acids is 3. The predicted molar refractivity (Wildman–Crippen MR) is 91.7 cm³/mol. The molecule has 8 heteroatoms. The van der Waals surface area contributed by atoms with Gasteiger partial charge in [0.1, 0.15) is 5.60 Å². The molecule has 2 N–H and O–H groups in total. The van der Waals surface area contributed by atoms with Gasteiger partial charge in [0.05, 0.1) is 18.8 Å². The summed E-state index contributed by atoms with van der Waals surface area (Å²) in [4.78, 5) is 45.4. The highest BCUT2D eigenvalue weighted by molar-refractivity contribution is 6.05. The number of esters is 1. The predicted octanol–water partition coefficient (Wildman–Crippen LogP) is 1.54. The van der Waals surface area contributed by atoms with E-state index in [1.165, 1.54) is 18.2 Å². The Bertz CT molecular complexity index is 651. The lowest BCUT2D eigenvalue weighted by Gasteiger charge is -2.28. The van der Waals surface area contributed by atoms with Gasteiger partial charge >= 0.3 is 17.9 Å². The Kier molecular flexibility index (Phi) is 7.48. The lowest BCUT2D eigenvalue weighted by atomic mass is 10.0. The van der Waals surface area contributed by atoms with Crippen LogP contribution in [0, 0.1) is 0 Å². The molecule has 0 amide bonds. The smallest absolute Gasteiger partial charge is 0.389 e. The zero-order chi connectivity index (χ0) is 19.8. The maximum Gasteiger partial charge on any atom is 0.389 e. The van der Waals surface area contributed by atoms with E-state index in [9.17, 15) is 14.4 Å². The quantitative estimate of drug-likeness (QED) is 0.193. The molecule has 1 aromatic rings. The highest BCUT2D eigenvalue weighted by Crippen LogP contribution is 2.16. The van der Waals surface area contributed by atoms with Crippen molar-refractivity contribution in [3.63, 3.8) is 0 Å². The second kappa shape index (κ2) is 9.12. The minimum atomic E-state index is -2.31. The number of hydrogen-bond donors (Lipinski definition) is 1. The van der Waals surface area contributed by atoms with E-state index < -0.39 is 35.7 Å². The van der Waals surface area contributed by atoms with Crippen LogP contribution in [0.2, 0.25) is 0 Å². The van der Waals surface area contributed by atoms with Gasteiger partial charge in [-0.15, -0.1) is 6.58 Å². The molecular weight excluding hydrogens is 342 g/mol. The summed E-state index contributed by atoms with van der Waals surface area (Å²) in [6.07, 6.45) is 1.41. The Hall–Kier alpha value is -2.71. The summed E-state index contributed by atoms with van der Waals surface area (Å²) in [7, 11) is 0. The highest BCUT2D eigenvalue weighted by Gasteiger charge is 2.48. The molecule has 142 valence electrons. The van der Waals surface area contributed by atoms with Crippen molar-refractivity contribution in [2.45, 2.75) is 31.9 Å². The summed E-state index contributed by atoms with van der Waals surface area (Å²) < 4.78 is 10.2. The first-order chi connectivity index (χ1) is 12.1. The summed E-state index contributed by atoms with van der Waals surface area (Å²) in [6, 6.07) is 7.85. The molecular formula is C18H23NO7. The van der Waals surface area contributed by atoms with Crippen molar-refractivity contribution >= 4 is 17.9 Å². The molecule has 0 heterocycles. The Morgan fingerprint density at radius 3 is 2.23 bits per heavy atom. The topological polar surface area (TPSA) is 114 Å². The number of hydrogen-bond acceptors (Lipinski definition) is 8. The summed E-state index contributed by atoms with van der Waals surface area (Å²) >= 11 is 0. The first kappa shape index (κ1) is 21.3. The van der Waals surface area contributed by atoms with Crippen LogP contribution in [0.3, 0.4) is 0 Å². The van der Waals surface area contributed by atoms with E-state index in [0.29, 0.717) is 0 Å². The molecule has 0 fully saturated rings. The molecule has 0 aliphatic carbocycles. The van der Waals surface area contributed by atoms with Crippen LogP contribution in [0.4, 0.5) is 0 Å². The third-order valence-electron chi connectivity index (χ3n) is 2.90. The molecule has 1 aromatic carbocycles. The Morgan fingerprint density at radius 2 is 1.69 bits per heavy atom. The lowest BCUT2D eigenvalue weighted by Crippen LogP contribution is -2.61. The van der Waals surface area contributed by atoms with Gasteiger partial charge in [-0.1, -0.05) is 24.3 Å². The highest BCUT2D eigenvalue weighted by atomic mass is 17.2. The molecule has 0 aliphatic heterocycles. The average molecular weight is 365 g/mol. The van der Waals surface area contributed by atoms with Gasteiger partial charge in [-0.25, -0.2) is 24.2 Å². The maximum atomic E-state index is 12.3. The number of rotatable bonds is 7. The first-order valence-corrected chi connectivity index (χ1v) is 7.79. The van der Waals surface area contributed by atoms with Crippen LogP contribution in [0.5, 0.6) is 0 Å². The molecule has 8 nitrogen and oxygen atoms in total. The van der Waals surface area contributed by atoms with Crippen molar-refractivity contribution < 1.29 is 33.6 Å². The number of nitrogens with two attached hydrogens (primary N) is 1. The molecule has 0 aliphatic rings. The van der Waals surface area contributed by atoms with Crippen molar-refractivity contribution in [1.29, 1.82) is 0 Å². The van der Waals surface area contributed by atoms with Crippen molar-refractivity contribution in [2.75, 3.05) is 13.2 Å². The van der Waals surface area contributed by atoms with E-state index in [-0.39, 0.29) is 12.2 Å². The molecule has 0 bridgehead atoms. The van der Waals surface area contributed by atoms with Crippen molar-refractivity contribution in [3.05, 3.63) is 48.6 Å². The van der Waals surface area contributed by atoms with Crippen LogP contribution in [0.15, 0.2) is 43.0 Å². The maximum absolute atomic E-state index is 12.3. The van der Waals surface area contributed by atoms with Crippen LogP contribution in [0.1, 0.15) is 31.1 Å². The monoisotopic (exact) mass is 365 g/mol. The number of ether oxygens (including phenoxy) is 2. The second-order valence-electron chi connectivity index (χ2n) is 6.38. The van der Waals surface area contributed by atoms with Crippen LogP contribution in [-0.2, 0) is 28.8 Å². The minimum absolute atomic E-state index is 0.0405. The van der Waals surface area contributed by atoms with Crippen molar-refractivity contribution in [1.82, 2.24) is 0 Å². The Labute approximate surface area is 151 Å². The fraction of sp³-hybridized carbons (Fsp3) is 0.389. The Morgan fingerprint density at radius 1 is 1.08 bits per heavy atom. The van der Waals surface area contributed by atoms with Gasteiger partial charge in [-0.05, 0) is 32.9 Å². The van der Waals surface area contributed by atoms with Crippen LogP contribution < -0.4 is 5.73 Å². The lowest BCUT2D eigenvalue weighted by molar-refractivity contribution is -0.242. The van der Waals surface area contributed by atoms with E-state index >= 15 is 0 Å². The molecule has 0 aromatic heterocycles. The average Bonchev–Trinajstić information content (AvgIpc) is 2.58. The van der Waals surface area contributed by atoms with Gasteiger partial charge in [0.15, 0.2) is 0 Å². The molecule has 0 spiro atoms. The van der Waals surface area contributed by atoms with E-state index in [4.69, 9.17) is 15.2 Å². The summed E-state index contributed by atoms with van der Waals surface area (Å²) in [5, 5.41) is 0. The van der Waals surface area contributed by atoms with Gasteiger partial charge < -0.3 is 15.2 Å². The fourth-order valence-electron chi connectivity index (χ4n) is 1.65. The standard InChI is InChI=1S/C18H23NO7/c1-5-11-23-12-18(19,15(21)24-17(2,3)4)16(22)26-25-14(20)13-9-7-6-8-10-13/h5-10H,1,11-12,19H2,2-4H3. The van der Waals surface area contributed by atoms with E-state index in [2.05, 4.69) is 16.4 Å². The largest absolute Gasteiger partial charge is 0.458 e. The first-order valence-electron chi connectivity index (χ1n) is 7.79. The van der Waals surface area contributed by atoms with Gasteiger partial charge in [0.25, 0.3) is 0 Å². The van der Waals surface area contributed by atoms with Crippen molar-refractivity contribution in [3.8, 4) is 0 Å². The van der Waals surface area contributed by atoms with Gasteiger partial charge in [-0.2, -0.15) is 0 Å². The molecule has 1 atom stereocenters. The number of benzene rings is 1. The van der Waals surface area contributed by atoms with E-state index in [1.54, 1.807) is 39.0 Å². The van der Waals surface area contributed by atoms with Gasteiger partial charge in [-0.3, -0.25) is 0 Å². The summed E-state index contributed by atoms with van der Waals surface area (Å²) in [5.74, 6) is -3.31. The zero-order valence-corrected chi connectivity index (χ0v) is 15.0. The molecule has 0 radical (unpaired) electrons. The molecule has 0 saturated heterocycles. The molecule has 1 unspecified atom stereocenters. The molecule has 1 rings (SSSR count). The zero-order valence-electron chi connectivity index (χ0n) is 15.0. The fourth-order valence-corrected chi connectivity index (χ4v) is 1.65. The van der Waals surface area contributed by atoms with E-state index in [1.807, 2.05) is 0 Å². The minimum Gasteiger partial charge on any atom is -0.458 e. The normalized spacial score (nSPS) is 13.2. The SMILES string of the molecule is C=CCOCC(N)(C(=O)OOC(=O)c1ccccc1)C(=O)OC(C)(C)C.